The molecule has 4 nitrogen and oxygen atoms in total. The monoisotopic (exact) mass is 214 g/mol. The summed E-state index contributed by atoms with van der Waals surface area (Å²) < 4.78 is 0. The van der Waals surface area contributed by atoms with Gasteiger partial charge in [-0.25, -0.2) is 0 Å². The van der Waals surface area contributed by atoms with E-state index in [9.17, 15) is 0 Å². The van der Waals surface area contributed by atoms with Crippen LogP contribution < -0.4 is 0 Å². The maximum Gasteiger partial charge on any atom is 0.0848 e. The number of aromatic nitrogens is 3. The van der Waals surface area contributed by atoms with Crippen molar-refractivity contribution in [3.63, 3.8) is 0 Å². The predicted octanol–water partition coefficient (Wildman–Crippen LogP) is 2.09. The number of rotatable bonds is 2. The smallest absolute Gasteiger partial charge is 0.0848 e. The number of hydrogen-bond acceptors (Lipinski definition) is 3. The van der Waals surface area contributed by atoms with Gasteiger partial charge in [-0.05, 0) is 31.5 Å². The second kappa shape index (κ2) is 4.26. The molecule has 82 valence electrons. The first-order valence-electron chi connectivity index (χ1n) is 5.17. The van der Waals surface area contributed by atoms with Crippen molar-refractivity contribution in [2.45, 2.75) is 20.8 Å². The summed E-state index contributed by atoms with van der Waals surface area (Å²) in [7, 11) is 0. The number of nitrogens with zero attached hydrogens (tertiary/aromatic N) is 4. The van der Waals surface area contributed by atoms with Crippen LogP contribution in [0.2, 0.25) is 0 Å². The van der Waals surface area contributed by atoms with E-state index >= 15 is 0 Å². The van der Waals surface area contributed by atoms with Gasteiger partial charge in [-0.15, -0.1) is 9.89 Å². The minimum atomic E-state index is 0.904. The number of aryl methyl sites for hydroxylation is 2. The van der Waals surface area contributed by atoms with Gasteiger partial charge < -0.3 is 0 Å². The van der Waals surface area contributed by atoms with E-state index in [-0.39, 0.29) is 0 Å². The lowest BCUT2D eigenvalue weighted by Crippen LogP contribution is -1.95. The van der Waals surface area contributed by atoms with Crippen LogP contribution >= 0.6 is 0 Å². The van der Waals surface area contributed by atoms with Crippen molar-refractivity contribution in [3.8, 4) is 0 Å². The number of benzene rings is 1. The van der Waals surface area contributed by atoms with Gasteiger partial charge in [0.25, 0.3) is 0 Å². The van der Waals surface area contributed by atoms with E-state index in [4.69, 9.17) is 0 Å². The molecule has 16 heavy (non-hydrogen) atoms. The Balaban J connectivity index is 2.21. The highest BCUT2D eigenvalue weighted by molar-refractivity contribution is 5.79. The second-order valence-corrected chi connectivity index (χ2v) is 3.80. The maximum atomic E-state index is 4.24. The van der Waals surface area contributed by atoms with Gasteiger partial charge >= 0.3 is 0 Å². The summed E-state index contributed by atoms with van der Waals surface area (Å²) in [5.74, 6) is 0. The van der Waals surface area contributed by atoms with Crippen LogP contribution in [0.25, 0.3) is 0 Å². The molecule has 0 unspecified atom stereocenters. The lowest BCUT2D eigenvalue weighted by molar-refractivity contribution is 0.679. The van der Waals surface area contributed by atoms with E-state index < -0.39 is 0 Å². The van der Waals surface area contributed by atoms with Crippen molar-refractivity contribution in [3.05, 3.63) is 46.8 Å². The van der Waals surface area contributed by atoms with Crippen molar-refractivity contribution in [1.29, 1.82) is 0 Å². The maximum absolute atomic E-state index is 4.24. The Morgan fingerprint density at radius 1 is 1.12 bits per heavy atom. The molecule has 1 aromatic carbocycles. The van der Waals surface area contributed by atoms with Crippen molar-refractivity contribution in [1.82, 2.24) is 15.1 Å². The van der Waals surface area contributed by atoms with Gasteiger partial charge in [0.1, 0.15) is 0 Å². The fraction of sp³-hybridized carbons (Fsp3) is 0.250. The third-order valence-corrected chi connectivity index (χ3v) is 2.50. The summed E-state index contributed by atoms with van der Waals surface area (Å²) in [5.41, 5.74) is 4.16. The van der Waals surface area contributed by atoms with Crippen LogP contribution in [0.3, 0.4) is 0 Å². The highest BCUT2D eigenvalue weighted by atomic mass is 15.6. The molecule has 1 heterocycles. The molecule has 2 rings (SSSR count). The zero-order valence-electron chi connectivity index (χ0n) is 9.68. The Morgan fingerprint density at radius 2 is 1.81 bits per heavy atom. The van der Waals surface area contributed by atoms with E-state index in [0.29, 0.717) is 0 Å². The van der Waals surface area contributed by atoms with Crippen LogP contribution in [0.15, 0.2) is 29.4 Å². The molecule has 0 radical (unpaired) electrons. The highest BCUT2D eigenvalue weighted by Crippen LogP contribution is 2.02. The minimum absolute atomic E-state index is 0.904. The van der Waals surface area contributed by atoms with Gasteiger partial charge in [-0.2, -0.15) is 5.10 Å². The molecule has 0 N–H and O–H groups in total. The Morgan fingerprint density at radius 3 is 2.38 bits per heavy atom. The molecule has 0 saturated heterocycles. The lowest BCUT2D eigenvalue weighted by Gasteiger charge is -1.95. The zero-order chi connectivity index (χ0) is 11.5. The minimum Gasteiger partial charge on any atom is -0.157 e. The average molecular weight is 214 g/mol. The van der Waals surface area contributed by atoms with Gasteiger partial charge in [0, 0.05) is 0 Å². The van der Waals surface area contributed by atoms with Crippen LogP contribution in [0.1, 0.15) is 22.5 Å². The molecule has 0 aliphatic carbocycles. The molecular formula is C12H14N4. The quantitative estimate of drug-likeness (QED) is 0.718. The van der Waals surface area contributed by atoms with Gasteiger partial charge in [-0.1, -0.05) is 29.8 Å². The van der Waals surface area contributed by atoms with E-state index in [1.54, 1.807) is 6.21 Å². The summed E-state index contributed by atoms with van der Waals surface area (Å²) in [4.78, 5) is 1.54. The van der Waals surface area contributed by atoms with Crippen LogP contribution in [0.4, 0.5) is 0 Å². The van der Waals surface area contributed by atoms with Crippen LogP contribution in [0.5, 0.6) is 0 Å². The summed E-state index contributed by atoms with van der Waals surface area (Å²) in [6.45, 7) is 5.92. The molecular weight excluding hydrogens is 200 g/mol. The lowest BCUT2D eigenvalue weighted by atomic mass is 10.2. The molecule has 1 aromatic heterocycles. The summed E-state index contributed by atoms with van der Waals surface area (Å²) in [6.07, 6.45) is 1.78. The normalized spacial score (nSPS) is 11.2. The first-order valence-corrected chi connectivity index (χ1v) is 5.17. The molecule has 0 atom stereocenters. The molecule has 2 aromatic rings. The molecule has 0 bridgehead atoms. The van der Waals surface area contributed by atoms with Gasteiger partial charge in [0.2, 0.25) is 0 Å². The fourth-order valence-corrected chi connectivity index (χ4v) is 1.28. The average Bonchev–Trinajstić information content (AvgIpc) is 2.60. The Labute approximate surface area is 94.6 Å². The van der Waals surface area contributed by atoms with Gasteiger partial charge in [0.15, 0.2) is 0 Å². The van der Waals surface area contributed by atoms with E-state index in [1.807, 2.05) is 26.0 Å². The third-order valence-electron chi connectivity index (χ3n) is 2.50. The summed E-state index contributed by atoms with van der Waals surface area (Å²) in [6, 6.07) is 8.16. The summed E-state index contributed by atoms with van der Waals surface area (Å²) >= 11 is 0. The topological polar surface area (TPSA) is 43.1 Å². The molecule has 0 fully saturated rings. The van der Waals surface area contributed by atoms with Crippen LogP contribution in [-0.2, 0) is 0 Å². The van der Waals surface area contributed by atoms with E-state index in [1.165, 1.54) is 10.4 Å². The standard InChI is InChI=1S/C12H14N4/c1-9-4-6-12(7-5-9)8-13-16-11(3)10(2)14-15-16/h4-8H,1-3H3/b13-8+. The van der Waals surface area contributed by atoms with Gasteiger partial charge in [0.05, 0.1) is 17.6 Å². The van der Waals surface area contributed by atoms with Crippen LogP contribution in [0, 0.1) is 20.8 Å². The fourth-order valence-electron chi connectivity index (χ4n) is 1.28. The molecule has 0 spiro atoms. The van der Waals surface area contributed by atoms with Crippen molar-refractivity contribution < 1.29 is 0 Å². The highest BCUT2D eigenvalue weighted by Gasteiger charge is 2.00. The largest absolute Gasteiger partial charge is 0.157 e. The Kier molecular flexibility index (Phi) is 2.81. The summed E-state index contributed by atoms with van der Waals surface area (Å²) in [5, 5.41) is 12.1. The van der Waals surface area contributed by atoms with E-state index in [2.05, 4.69) is 34.5 Å². The predicted molar refractivity (Wildman–Crippen MR) is 63.7 cm³/mol. The SMILES string of the molecule is Cc1ccc(/C=N/n2nnc(C)c2C)cc1. The molecule has 0 aliphatic rings. The molecule has 0 amide bonds. The third kappa shape index (κ3) is 2.16. The van der Waals surface area contributed by atoms with Gasteiger partial charge in [-0.3, -0.25) is 0 Å². The molecule has 0 aliphatic heterocycles. The Bertz CT molecular complexity index is 508. The van der Waals surface area contributed by atoms with Crippen LogP contribution in [-0.4, -0.2) is 21.3 Å². The van der Waals surface area contributed by atoms with Crippen molar-refractivity contribution >= 4 is 6.21 Å². The first-order chi connectivity index (χ1) is 7.66. The number of hydrogen-bond donors (Lipinski definition) is 0. The second-order valence-electron chi connectivity index (χ2n) is 3.80. The Hall–Kier alpha value is -1.97. The van der Waals surface area contributed by atoms with Crippen molar-refractivity contribution in [2.75, 3.05) is 0 Å². The molecule has 0 saturated carbocycles. The van der Waals surface area contributed by atoms with E-state index in [0.717, 1.165) is 17.0 Å². The first kappa shape index (κ1) is 10.5. The zero-order valence-corrected chi connectivity index (χ0v) is 9.68. The molecule has 4 heteroatoms. The van der Waals surface area contributed by atoms with Crippen molar-refractivity contribution in [2.24, 2.45) is 5.10 Å².